The smallest absolute Gasteiger partial charge is 0.251 e. The molecule has 0 aliphatic carbocycles. The largest absolute Gasteiger partial charge is 0.490 e. The second-order valence-electron chi connectivity index (χ2n) is 7.88. The van der Waals surface area contributed by atoms with Crippen LogP contribution in [0.15, 0.2) is 65.3 Å². The average molecular weight is 420 g/mol. The molecule has 1 aliphatic rings. The van der Waals surface area contributed by atoms with Crippen LogP contribution in [0.3, 0.4) is 0 Å². The van der Waals surface area contributed by atoms with Gasteiger partial charge in [-0.05, 0) is 66.9 Å². The highest BCUT2D eigenvalue weighted by Gasteiger charge is 2.21. The van der Waals surface area contributed by atoms with Crippen molar-refractivity contribution in [3.63, 3.8) is 0 Å². The summed E-state index contributed by atoms with van der Waals surface area (Å²) in [6, 6.07) is 15.3. The minimum Gasteiger partial charge on any atom is -0.490 e. The molecule has 0 saturated carbocycles. The molecule has 6 nitrogen and oxygen atoms in total. The fraction of sp³-hybridized carbons (Fsp3) is 0.360. The zero-order valence-corrected chi connectivity index (χ0v) is 17.9. The molecule has 1 aromatic carbocycles. The van der Waals surface area contributed by atoms with Crippen molar-refractivity contribution in [2.75, 3.05) is 13.1 Å². The zero-order chi connectivity index (χ0) is 21.5. The number of ether oxygens (including phenoxy) is 1. The molecule has 0 spiro atoms. The fourth-order valence-electron chi connectivity index (χ4n) is 3.77. The SMILES string of the molecule is CCc1ccc(CN2CCC(Oc3ccc(C(=O)NCc4ccncc4)cc3)CC2)o1. The lowest BCUT2D eigenvalue weighted by Crippen LogP contribution is -2.37. The number of hydrogen-bond acceptors (Lipinski definition) is 5. The third-order valence-electron chi connectivity index (χ3n) is 5.60. The van der Waals surface area contributed by atoms with Crippen molar-refractivity contribution in [3.8, 4) is 5.75 Å². The second kappa shape index (κ2) is 10.3. The van der Waals surface area contributed by atoms with Crippen LogP contribution >= 0.6 is 0 Å². The predicted molar refractivity (Wildman–Crippen MR) is 119 cm³/mol. The quantitative estimate of drug-likeness (QED) is 0.592. The minimum atomic E-state index is -0.0965. The first-order valence-electron chi connectivity index (χ1n) is 10.9. The Labute approximate surface area is 183 Å². The first-order valence-corrected chi connectivity index (χ1v) is 10.9. The predicted octanol–water partition coefficient (Wildman–Crippen LogP) is 4.21. The molecular formula is C25H29N3O3. The van der Waals surface area contributed by atoms with E-state index < -0.39 is 0 Å². The Morgan fingerprint density at radius 3 is 2.45 bits per heavy atom. The lowest BCUT2D eigenvalue weighted by Gasteiger charge is -2.31. The number of nitrogens with one attached hydrogen (secondary N) is 1. The van der Waals surface area contributed by atoms with Crippen molar-refractivity contribution in [1.82, 2.24) is 15.2 Å². The molecule has 3 aromatic rings. The third-order valence-corrected chi connectivity index (χ3v) is 5.60. The van der Waals surface area contributed by atoms with Crippen LogP contribution in [0.4, 0.5) is 0 Å². The number of carbonyl (C=O) groups is 1. The highest BCUT2D eigenvalue weighted by Crippen LogP contribution is 2.21. The first-order chi connectivity index (χ1) is 15.2. The Morgan fingerprint density at radius 1 is 1.06 bits per heavy atom. The summed E-state index contributed by atoms with van der Waals surface area (Å²) in [7, 11) is 0. The molecule has 162 valence electrons. The van der Waals surface area contributed by atoms with Gasteiger partial charge in [0, 0.05) is 44.0 Å². The van der Waals surface area contributed by atoms with Crippen LogP contribution in [0.2, 0.25) is 0 Å². The normalized spacial score (nSPS) is 15.0. The van der Waals surface area contributed by atoms with E-state index in [1.807, 2.05) is 36.4 Å². The van der Waals surface area contributed by atoms with Crippen molar-refractivity contribution in [3.05, 3.63) is 83.6 Å². The van der Waals surface area contributed by atoms with Crippen molar-refractivity contribution < 1.29 is 13.9 Å². The molecule has 0 bridgehead atoms. The number of aryl methyl sites for hydroxylation is 1. The van der Waals surface area contributed by atoms with E-state index in [1.54, 1.807) is 12.4 Å². The highest BCUT2D eigenvalue weighted by atomic mass is 16.5. The number of rotatable bonds is 8. The fourth-order valence-corrected chi connectivity index (χ4v) is 3.77. The van der Waals surface area contributed by atoms with Crippen molar-refractivity contribution in [1.29, 1.82) is 0 Å². The molecule has 1 amide bonds. The summed E-state index contributed by atoms with van der Waals surface area (Å²) >= 11 is 0. The van der Waals surface area contributed by atoms with E-state index in [2.05, 4.69) is 34.3 Å². The van der Waals surface area contributed by atoms with E-state index in [1.165, 1.54) is 0 Å². The van der Waals surface area contributed by atoms with Crippen LogP contribution in [0.25, 0.3) is 0 Å². The van der Waals surface area contributed by atoms with Gasteiger partial charge in [-0.25, -0.2) is 0 Å². The van der Waals surface area contributed by atoms with Gasteiger partial charge in [-0.1, -0.05) is 6.92 Å². The number of carbonyl (C=O) groups excluding carboxylic acids is 1. The van der Waals surface area contributed by atoms with E-state index in [9.17, 15) is 4.79 Å². The summed E-state index contributed by atoms with van der Waals surface area (Å²) in [5.41, 5.74) is 1.65. The lowest BCUT2D eigenvalue weighted by molar-refractivity contribution is 0.0924. The summed E-state index contributed by atoms with van der Waals surface area (Å²) in [6.07, 6.45) is 6.53. The maximum atomic E-state index is 12.3. The number of benzene rings is 1. The molecule has 1 saturated heterocycles. The summed E-state index contributed by atoms with van der Waals surface area (Å²) in [5.74, 6) is 2.79. The van der Waals surface area contributed by atoms with Crippen LogP contribution in [-0.2, 0) is 19.5 Å². The van der Waals surface area contributed by atoms with Crippen molar-refractivity contribution >= 4 is 5.91 Å². The van der Waals surface area contributed by atoms with Gasteiger partial charge in [0.2, 0.25) is 0 Å². The monoisotopic (exact) mass is 419 g/mol. The Bertz CT molecular complexity index is 961. The van der Waals surface area contributed by atoms with Crippen molar-refractivity contribution in [2.24, 2.45) is 0 Å². The molecule has 0 radical (unpaired) electrons. The van der Waals surface area contributed by atoms with Gasteiger partial charge in [0.25, 0.3) is 5.91 Å². The van der Waals surface area contributed by atoms with E-state index in [0.717, 1.165) is 61.7 Å². The van der Waals surface area contributed by atoms with Gasteiger partial charge in [0.15, 0.2) is 0 Å². The Balaban J connectivity index is 1.21. The molecule has 0 unspecified atom stereocenters. The summed E-state index contributed by atoms with van der Waals surface area (Å²) in [4.78, 5) is 18.7. The number of pyridine rings is 1. The molecule has 4 rings (SSSR count). The molecule has 31 heavy (non-hydrogen) atoms. The van der Waals surface area contributed by atoms with E-state index >= 15 is 0 Å². The lowest BCUT2D eigenvalue weighted by atomic mass is 10.1. The molecule has 1 aliphatic heterocycles. The van der Waals surface area contributed by atoms with Gasteiger partial charge in [-0.2, -0.15) is 0 Å². The molecular weight excluding hydrogens is 390 g/mol. The summed E-state index contributed by atoms with van der Waals surface area (Å²) < 4.78 is 12.0. The maximum absolute atomic E-state index is 12.3. The number of hydrogen-bond donors (Lipinski definition) is 1. The van der Waals surface area contributed by atoms with Crippen LogP contribution in [0.5, 0.6) is 5.75 Å². The van der Waals surface area contributed by atoms with Crippen LogP contribution in [-0.4, -0.2) is 35.0 Å². The number of furan rings is 1. The topological polar surface area (TPSA) is 67.6 Å². The molecule has 1 N–H and O–H groups in total. The van der Waals surface area contributed by atoms with Crippen molar-refractivity contribution in [2.45, 2.75) is 45.4 Å². The Kier molecular flexibility index (Phi) is 6.99. The number of amides is 1. The van der Waals surface area contributed by atoms with Crippen LogP contribution in [0.1, 0.15) is 47.2 Å². The Morgan fingerprint density at radius 2 is 1.77 bits per heavy atom. The van der Waals surface area contributed by atoms with Gasteiger partial charge >= 0.3 is 0 Å². The van der Waals surface area contributed by atoms with Gasteiger partial charge in [0.05, 0.1) is 6.54 Å². The van der Waals surface area contributed by atoms with Gasteiger partial charge in [-0.3, -0.25) is 14.7 Å². The molecule has 1 fully saturated rings. The number of nitrogens with zero attached hydrogens (tertiary/aromatic N) is 2. The van der Waals surface area contributed by atoms with Gasteiger partial charge < -0.3 is 14.5 Å². The van der Waals surface area contributed by atoms with Gasteiger partial charge in [0.1, 0.15) is 23.4 Å². The standard InChI is InChI=1S/C25H29N3O3/c1-2-21-7-8-24(30-21)18-28-15-11-23(12-16-28)31-22-5-3-20(4-6-22)25(29)27-17-19-9-13-26-14-10-19/h3-10,13-14,23H,2,11-12,15-18H2,1H3,(H,27,29). The minimum absolute atomic E-state index is 0.0965. The zero-order valence-electron chi connectivity index (χ0n) is 17.9. The number of aromatic nitrogens is 1. The molecule has 3 heterocycles. The van der Waals surface area contributed by atoms with Gasteiger partial charge in [-0.15, -0.1) is 0 Å². The maximum Gasteiger partial charge on any atom is 0.251 e. The second-order valence-corrected chi connectivity index (χ2v) is 7.88. The average Bonchev–Trinajstić information content (AvgIpc) is 3.27. The third kappa shape index (κ3) is 5.95. The molecule has 2 aromatic heterocycles. The molecule has 6 heteroatoms. The van der Waals surface area contributed by atoms with E-state index in [0.29, 0.717) is 12.1 Å². The highest BCUT2D eigenvalue weighted by molar-refractivity contribution is 5.94. The van der Waals surface area contributed by atoms with E-state index in [4.69, 9.17) is 9.15 Å². The summed E-state index contributed by atoms with van der Waals surface area (Å²) in [5, 5.41) is 2.93. The number of likely N-dealkylation sites (tertiary alicyclic amines) is 1. The Hall–Kier alpha value is -3.12. The molecule has 0 atom stereocenters. The summed E-state index contributed by atoms with van der Waals surface area (Å²) in [6.45, 7) is 5.42. The van der Waals surface area contributed by atoms with Crippen LogP contribution < -0.4 is 10.1 Å². The number of piperidine rings is 1. The first kappa shape index (κ1) is 21.1. The van der Waals surface area contributed by atoms with E-state index in [-0.39, 0.29) is 12.0 Å². The van der Waals surface area contributed by atoms with Crippen LogP contribution in [0, 0.1) is 0 Å².